The topological polar surface area (TPSA) is 41.1 Å². The molecule has 1 amide bonds. The highest BCUT2D eigenvalue weighted by Gasteiger charge is 2.13. The molecule has 0 aromatic heterocycles. The average molecular weight is 238 g/mol. The van der Waals surface area contributed by atoms with Crippen LogP contribution in [-0.4, -0.2) is 19.5 Å². The quantitative estimate of drug-likeness (QED) is 0.748. The van der Waals surface area contributed by atoms with Crippen LogP contribution in [0.2, 0.25) is 0 Å². The minimum atomic E-state index is -0.409. The van der Waals surface area contributed by atoms with Gasteiger partial charge >= 0.3 is 0 Å². The van der Waals surface area contributed by atoms with Gasteiger partial charge in [-0.1, -0.05) is 25.8 Å². The number of hydrogen-bond acceptors (Lipinski definition) is 2. The van der Waals surface area contributed by atoms with Gasteiger partial charge in [-0.25, -0.2) is 4.39 Å². The maximum absolute atomic E-state index is 13.4. The molecular weight excluding hydrogens is 219 g/mol. The van der Waals surface area contributed by atoms with E-state index in [0.717, 1.165) is 19.3 Å². The van der Waals surface area contributed by atoms with Gasteiger partial charge in [0.25, 0.3) is 5.91 Å². The third kappa shape index (κ3) is 3.73. The second-order valence-electron chi connectivity index (χ2n) is 3.88. The van der Waals surface area contributed by atoms with Crippen molar-refractivity contribution in [2.24, 2.45) is 0 Å². The number of nitrogens with one attached hydrogen (secondary N) is 2. The van der Waals surface area contributed by atoms with E-state index in [2.05, 4.69) is 17.6 Å². The van der Waals surface area contributed by atoms with Crippen LogP contribution in [0.4, 0.5) is 10.1 Å². The number of carbonyl (C=O) groups excluding carboxylic acids is 1. The van der Waals surface area contributed by atoms with Crippen LogP contribution in [0.15, 0.2) is 18.2 Å². The molecule has 0 aliphatic heterocycles. The second kappa shape index (κ2) is 6.89. The summed E-state index contributed by atoms with van der Waals surface area (Å²) in [6, 6.07) is 4.49. The van der Waals surface area contributed by atoms with Crippen molar-refractivity contribution in [2.75, 3.05) is 18.9 Å². The lowest BCUT2D eigenvalue weighted by atomic mass is 10.1. The number of rotatable bonds is 6. The molecule has 94 valence electrons. The van der Waals surface area contributed by atoms with E-state index in [1.807, 2.05) is 0 Å². The molecule has 0 heterocycles. The van der Waals surface area contributed by atoms with Crippen molar-refractivity contribution < 1.29 is 9.18 Å². The van der Waals surface area contributed by atoms with Crippen LogP contribution < -0.4 is 10.6 Å². The number of benzene rings is 1. The summed E-state index contributed by atoms with van der Waals surface area (Å²) in [7, 11) is 1.60. The zero-order valence-electron chi connectivity index (χ0n) is 10.3. The molecule has 0 aliphatic carbocycles. The first-order valence-electron chi connectivity index (χ1n) is 5.95. The van der Waals surface area contributed by atoms with Crippen LogP contribution in [0.3, 0.4) is 0 Å². The Bertz CT molecular complexity index is 380. The highest BCUT2D eigenvalue weighted by atomic mass is 19.1. The van der Waals surface area contributed by atoms with Gasteiger partial charge in [-0.3, -0.25) is 4.79 Å². The van der Waals surface area contributed by atoms with Gasteiger partial charge in [-0.05, 0) is 18.6 Å². The number of anilines is 1. The lowest BCUT2D eigenvalue weighted by molar-refractivity contribution is 0.0953. The van der Waals surface area contributed by atoms with E-state index < -0.39 is 5.82 Å². The fourth-order valence-electron chi connectivity index (χ4n) is 1.64. The van der Waals surface area contributed by atoms with Crippen LogP contribution in [0.5, 0.6) is 0 Å². The Balaban J connectivity index is 2.65. The van der Waals surface area contributed by atoms with Crippen molar-refractivity contribution in [3.63, 3.8) is 0 Å². The first kappa shape index (κ1) is 13.5. The van der Waals surface area contributed by atoms with Gasteiger partial charge in [-0.2, -0.15) is 0 Å². The van der Waals surface area contributed by atoms with Crippen LogP contribution in [0.1, 0.15) is 36.5 Å². The zero-order chi connectivity index (χ0) is 12.7. The molecule has 0 spiro atoms. The summed E-state index contributed by atoms with van der Waals surface area (Å²) in [6.07, 6.45) is 3.15. The van der Waals surface area contributed by atoms with E-state index in [4.69, 9.17) is 0 Å². The summed E-state index contributed by atoms with van der Waals surface area (Å²) >= 11 is 0. The number of unbranched alkanes of at least 4 members (excludes halogenated alkanes) is 2. The van der Waals surface area contributed by atoms with E-state index in [1.165, 1.54) is 12.1 Å². The van der Waals surface area contributed by atoms with E-state index in [-0.39, 0.29) is 11.6 Å². The van der Waals surface area contributed by atoms with E-state index in [1.54, 1.807) is 13.1 Å². The minimum Gasteiger partial charge on any atom is -0.385 e. The van der Waals surface area contributed by atoms with Crippen LogP contribution in [0, 0.1) is 5.82 Å². The van der Waals surface area contributed by atoms with Crippen molar-refractivity contribution in [2.45, 2.75) is 26.2 Å². The maximum Gasteiger partial charge on any atom is 0.253 e. The molecule has 0 saturated heterocycles. The van der Waals surface area contributed by atoms with Gasteiger partial charge in [-0.15, -0.1) is 0 Å². The molecule has 0 bridgehead atoms. The second-order valence-corrected chi connectivity index (χ2v) is 3.88. The molecular formula is C13H19FN2O. The maximum atomic E-state index is 13.4. The van der Waals surface area contributed by atoms with Gasteiger partial charge in [0.05, 0.1) is 11.3 Å². The van der Waals surface area contributed by atoms with Crippen LogP contribution >= 0.6 is 0 Å². The lowest BCUT2D eigenvalue weighted by Crippen LogP contribution is -2.25. The molecule has 17 heavy (non-hydrogen) atoms. The van der Waals surface area contributed by atoms with Gasteiger partial charge in [0.15, 0.2) is 0 Å². The van der Waals surface area contributed by atoms with Crippen molar-refractivity contribution in [1.29, 1.82) is 0 Å². The predicted octanol–water partition coefficient (Wildman–Crippen LogP) is 2.79. The SMILES string of the molecule is CCCCCNC(=O)c1cccc(F)c1NC. The Hall–Kier alpha value is -1.58. The highest BCUT2D eigenvalue weighted by molar-refractivity contribution is 5.99. The highest BCUT2D eigenvalue weighted by Crippen LogP contribution is 2.18. The van der Waals surface area contributed by atoms with E-state index >= 15 is 0 Å². The first-order valence-corrected chi connectivity index (χ1v) is 5.95. The van der Waals surface area contributed by atoms with Gasteiger partial charge in [0.2, 0.25) is 0 Å². The molecule has 2 N–H and O–H groups in total. The standard InChI is InChI=1S/C13H19FN2O/c1-3-4-5-9-16-13(17)10-7-6-8-11(14)12(10)15-2/h6-8,15H,3-5,9H2,1-2H3,(H,16,17). The molecule has 1 rings (SSSR count). The summed E-state index contributed by atoms with van der Waals surface area (Å²) in [5.74, 6) is -0.640. The molecule has 0 fully saturated rings. The Morgan fingerprint density at radius 2 is 2.12 bits per heavy atom. The Kier molecular flexibility index (Phi) is 5.46. The molecule has 0 aliphatic rings. The third-order valence-electron chi connectivity index (χ3n) is 2.57. The molecule has 1 aromatic carbocycles. The lowest BCUT2D eigenvalue weighted by Gasteiger charge is -2.10. The van der Waals surface area contributed by atoms with Crippen molar-refractivity contribution >= 4 is 11.6 Å². The molecule has 0 radical (unpaired) electrons. The molecule has 3 nitrogen and oxygen atoms in total. The van der Waals surface area contributed by atoms with Crippen LogP contribution in [0.25, 0.3) is 0 Å². The van der Waals surface area contributed by atoms with Crippen molar-refractivity contribution in [1.82, 2.24) is 5.32 Å². The van der Waals surface area contributed by atoms with Crippen molar-refractivity contribution in [3.8, 4) is 0 Å². The average Bonchev–Trinajstić information content (AvgIpc) is 2.34. The largest absolute Gasteiger partial charge is 0.385 e. The number of amides is 1. The Labute approximate surface area is 101 Å². The van der Waals surface area contributed by atoms with E-state index in [9.17, 15) is 9.18 Å². The first-order chi connectivity index (χ1) is 8.20. The summed E-state index contributed by atoms with van der Waals surface area (Å²) < 4.78 is 13.4. The summed E-state index contributed by atoms with van der Waals surface area (Å²) in [5, 5.41) is 5.50. The molecule has 4 heteroatoms. The molecule has 0 atom stereocenters. The molecule has 0 saturated carbocycles. The monoisotopic (exact) mass is 238 g/mol. The number of hydrogen-bond donors (Lipinski definition) is 2. The predicted molar refractivity (Wildman–Crippen MR) is 67.8 cm³/mol. The zero-order valence-corrected chi connectivity index (χ0v) is 10.3. The van der Waals surface area contributed by atoms with Gasteiger partial charge in [0, 0.05) is 13.6 Å². The fourth-order valence-corrected chi connectivity index (χ4v) is 1.64. The summed E-state index contributed by atoms with van der Waals surface area (Å²) in [6.45, 7) is 2.74. The van der Waals surface area contributed by atoms with E-state index in [0.29, 0.717) is 12.1 Å². The number of para-hydroxylation sites is 1. The normalized spacial score (nSPS) is 10.1. The van der Waals surface area contributed by atoms with Gasteiger partial charge < -0.3 is 10.6 Å². The van der Waals surface area contributed by atoms with Gasteiger partial charge in [0.1, 0.15) is 5.82 Å². The smallest absolute Gasteiger partial charge is 0.253 e. The Morgan fingerprint density at radius 3 is 2.76 bits per heavy atom. The summed E-state index contributed by atoms with van der Waals surface area (Å²) in [5.41, 5.74) is 0.601. The van der Waals surface area contributed by atoms with Crippen molar-refractivity contribution in [3.05, 3.63) is 29.6 Å². The molecule has 0 unspecified atom stereocenters. The van der Waals surface area contributed by atoms with Crippen LogP contribution in [-0.2, 0) is 0 Å². The minimum absolute atomic E-state index is 0.232. The third-order valence-corrected chi connectivity index (χ3v) is 2.57. The number of carbonyl (C=O) groups is 1. The summed E-state index contributed by atoms with van der Waals surface area (Å²) in [4.78, 5) is 11.8. The molecule has 1 aromatic rings. The fraction of sp³-hybridized carbons (Fsp3) is 0.462. The number of halogens is 1. The Morgan fingerprint density at radius 1 is 1.35 bits per heavy atom.